The smallest absolute Gasteiger partial charge is 0.227 e. The Morgan fingerprint density at radius 2 is 1.75 bits per heavy atom. The molecule has 0 spiro atoms. The molecule has 7 rings (SSSR count). The van der Waals surface area contributed by atoms with Crippen LogP contribution in [0.15, 0.2) is 66.0 Å². The van der Waals surface area contributed by atoms with Crippen molar-refractivity contribution >= 4 is 40.7 Å². The van der Waals surface area contributed by atoms with Crippen molar-refractivity contribution in [2.75, 3.05) is 54.0 Å². The van der Waals surface area contributed by atoms with E-state index in [-0.39, 0.29) is 11.8 Å². The van der Waals surface area contributed by atoms with Gasteiger partial charge >= 0.3 is 0 Å². The average molecular weight is 609 g/mol. The summed E-state index contributed by atoms with van der Waals surface area (Å²) in [6, 6.07) is 18.6. The maximum atomic E-state index is 13.0. The van der Waals surface area contributed by atoms with Gasteiger partial charge in [0.15, 0.2) is 5.16 Å². The molecule has 10 heteroatoms. The molecular formula is C34H40N8OS. The fourth-order valence-corrected chi connectivity index (χ4v) is 7.50. The fraction of sp³-hybridized carbons (Fsp3) is 0.412. The summed E-state index contributed by atoms with van der Waals surface area (Å²) >= 11 is 1.76. The van der Waals surface area contributed by atoms with E-state index in [9.17, 15) is 4.79 Å². The molecule has 0 unspecified atom stereocenters. The zero-order chi connectivity index (χ0) is 29.9. The first kappa shape index (κ1) is 28.9. The fourth-order valence-electron chi connectivity index (χ4n) is 6.55. The monoisotopic (exact) mass is 608 g/mol. The van der Waals surface area contributed by atoms with E-state index in [1.165, 1.54) is 12.1 Å². The summed E-state index contributed by atoms with van der Waals surface area (Å²) in [6.07, 6.45) is 7.26. The van der Waals surface area contributed by atoms with E-state index in [4.69, 9.17) is 9.97 Å². The Labute approximate surface area is 263 Å². The van der Waals surface area contributed by atoms with Crippen molar-refractivity contribution in [1.29, 1.82) is 0 Å². The van der Waals surface area contributed by atoms with Gasteiger partial charge in [-0.15, -0.1) is 0 Å². The molecule has 0 bridgehead atoms. The summed E-state index contributed by atoms with van der Waals surface area (Å²) in [4.78, 5) is 32.5. The molecule has 2 N–H and O–H groups in total. The first-order chi connectivity index (χ1) is 21.6. The summed E-state index contributed by atoms with van der Waals surface area (Å²) in [6.45, 7) is 8.54. The summed E-state index contributed by atoms with van der Waals surface area (Å²) in [5.74, 6) is 1.77. The third-order valence-corrected chi connectivity index (χ3v) is 10.0. The molecule has 4 aromatic rings. The molecule has 1 amide bonds. The summed E-state index contributed by atoms with van der Waals surface area (Å²) in [7, 11) is 0. The Kier molecular flexibility index (Phi) is 8.52. The molecule has 2 aromatic carbocycles. The summed E-state index contributed by atoms with van der Waals surface area (Å²) in [5.41, 5.74) is 6.65. The number of thioether (sulfide) groups is 1. The standard InChI is InChI=1S/C34H40N8OS/c1-2-40-17-19-41(20-18-40)28-13-11-26(12-14-28)37-33-35-16-15-29(38-33)31-30(39-34-42(31)21-22-44-34)25-9-6-10-27(23-25)36-32(43)24-7-4-3-5-8-24/h6,9-16,23-24H,2-5,7-8,17-22H2,1H3,(H,36,43)(H,35,37,38). The van der Waals surface area contributed by atoms with Crippen LogP contribution in [0, 0.1) is 5.92 Å². The Hall–Kier alpha value is -3.89. The molecule has 228 valence electrons. The lowest BCUT2D eigenvalue weighted by Gasteiger charge is -2.35. The molecule has 44 heavy (non-hydrogen) atoms. The normalized spacial score (nSPS) is 17.4. The minimum absolute atomic E-state index is 0.107. The van der Waals surface area contributed by atoms with Crippen LogP contribution in [-0.4, -0.2) is 68.8 Å². The van der Waals surface area contributed by atoms with Gasteiger partial charge in [-0.3, -0.25) is 4.79 Å². The van der Waals surface area contributed by atoms with Crippen molar-refractivity contribution < 1.29 is 4.79 Å². The van der Waals surface area contributed by atoms with Gasteiger partial charge in [0.1, 0.15) is 0 Å². The third kappa shape index (κ3) is 6.19. The Morgan fingerprint density at radius 3 is 2.55 bits per heavy atom. The molecule has 2 fully saturated rings. The number of carbonyl (C=O) groups is 1. The molecule has 4 heterocycles. The number of nitrogens with zero attached hydrogens (tertiary/aromatic N) is 6. The number of anilines is 4. The van der Waals surface area contributed by atoms with E-state index < -0.39 is 0 Å². The van der Waals surface area contributed by atoms with Gasteiger partial charge in [-0.05, 0) is 61.9 Å². The molecule has 3 aliphatic rings. The molecule has 0 radical (unpaired) electrons. The van der Waals surface area contributed by atoms with Crippen molar-refractivity contribution in [2.24, 2.45) is 5.92 Å². The maximum absolute atomic E-state index is 13.0. The number of nitrogens with one attached hydrogen (secondary N) is 2. The van der Waals surface area contributed by atoms with Crippen molar-refractivity contribution in [3.05, 3.63) is 60.8 Å². The van der Waals surface area contributed by atoms with Crippen LogP contribution in [-0.2, 0) is 11.3 Å². The van der Waals surface area contributed by atoms with Gasteiger partial charge in [-0.2, -0.15) is 0 Å². The average Bonchev–Trinajstić information content (AvgIpc) is 3.68. The molecular weight excluding hydrogens is 568 g/mol. The SMILES string of the molecule is CCN1CCN(c2ccc(Nc3nccc(-c4c(-c5cccc(NC(=O)C6CCCCC6)c5)nc5n4CCS5)n3)cc2)CC1. The van der Waals surface area contributed by atoms with Crippen LogP contribution in [0.25, 0.3) is 22.6 Å². The molecule has 1 saturated heterocycles. The number of hydrogen-bond acceptors (Lipinski definition) is 8. The predicted octanol–water partition coefficient (Wildman–Crippen LogP) is 6.52. The highest BCUT2D eigenvalue weighted by Crippen LogP contribution is 2.39. The Balaban J connectivity index is 1.11. The van der Waals surface area contributed by atoms with Crippen LogP contribution in [0.4, 0.5) is 23.0 Å². The zero-order valence-electron chi connectivity index (χ0n) is 25.3. The largest absolute Gasteiger partial charge is 0.369 e. The highest BCUT2D eigenvalue weighted by molar-refractivity contribution is 7.99. The zero-order valence-corrected chi connectivity index (χ0v) is 26.2. The van der Waals surface area contributed by atoms with Gasteiger partial charge in [0.2, 0.25) is 11.9 Å². The minimum atomic E-state index is 0.107. The summed E-state index contributed by atoms with van der Waals surface area (Å²) in [5, 5.41) is 7.58. The number of hydrogen-bond donors (Lipinski definition) is 2. The number of imidazole rings is 1. The molecule has 9 nitrogen and oxygen atoms in total. The van der Waals surface area contributed by atoms with Gasteiger partial charge in [0.25, 0.3) is 0 Å². The molecule has 2 aliphatic heterocycles. The van der Waals surface area contributed by atoms with Crippen molar-refractivity contribution in [1.82, 2.24) is 24.4 Å². The van der Waals surface area contributed by atoms with E-state index in [1.807, 2.05) is 24.3 Å². The van der Waals surface area contributed by atoms with Crippen molar-refractivity contribution in [2.45, 2.75) is 50.7 Å². The molecule has 1 aliphatic carbocycles. The Morgan fingerprint density at radius 1 is 0.932 bits per heavy atom. The van der Waals surface area contributed by atoms with Crippen LogP contribution in [0.2, 0.25) is 0 Å². The number of likely N-dealkylation sites (N-methyl/N-ethyl adjacent to an activating group) is 1. The second kappa shape index (κ2) is 13.0. The molecule has 1 saturated carbocycles. The highest BCUT2D eigenvalue weighted by atomic mass is 32.2. The Bertz CT molecular complexity index is 1610. The lowest BCUT2D eigenvalue weighted by molar-refractivity contribution is -0.120. The van der Waals surface area contributed by atoms with Crippen molar-refractivity contribution in [3.8, 4) is 22.6 Å². The van der Waals surface area contributed by atoms with E-state index in [0.717, 1.165) is 110 Å². The van der Waals surface area contributed by atoms with E-state index >= 15 is 0 Å². The van der Waals surface area contributed by atoms with Crippen LogP contribution in [0.1, 0.15) is 39.0 Å². The lowest BCUT2D eigenvalue weighted by Crippen LogP contribution is -2.46. The predicted molar refractivity (Wildman–Crippen MR) is 179 cm³/mol. The van der Waals surface area contributed by atoms with Gasteiger partial charge in [-0.25, -0.2) is 15.0 Å². The van der Waals surface area contributed by atoms with Gasteiger partial charge in [0, 0.05) is 73.2 Å². The number of benzene rings is 2. The van der Waals surface area contributed by atoms with Gasteiger partial charge < -0.3 is 25.0 Å². The molecule has 0 atom stereocenters. The van der Waals surface area contributed by atoms with E-state index in [0.29, 0.717) is 5.95 Å². The second-order valence-electron chi connectivity index (χ2n) is 11.9. The van der Waals surface area contributed by atoms with E-state index in [1.54, 1.807) is 18.0 Å². The topological polar surface area (TPSA) is 91.2 Å². The summed E-state index contributed by atoms with van der Waals surface area (Å²) < 4.78 is 2.26. The number of rotatable bonds is 8. The third-order valence-electron chi connectivity index (χ3n) is 9.06. The number of aromatic nitrogens is 4. The number of piperazine rings is 1. The maximum Gasteiger partial charge on any atom is 0.227 e. The first-order valence-electron chi connectivity index (χ1n) is 16.0. The second-order valence-corrected chi connectivity index (χ2v) is 12.9. The van der Waals surface area contributed by atoms with E-state index in [2.05, 4.69) is 67.2 Å². The minimum Gasteiger partial charge on any atom is -0.369 e. The van der Waals surface area contributed by atoms with Crippen LogP contribution < -0.4 is 15.5 Å². The van der Waals surface area contributed by atoms with Gasteiger partial charge in [0.05, 0.1) is 17.1 Å². The quantitative estimate of drug-likeness (QED) is 0.234. The van der Waals surface area contributed by atoms with Crippen LogP contribution in [0.5, 0.6) is 0 Å². The van der Waals surface area contributed by atoms with Crippen LogP contribution in [0.3, 0.4) is 0 Å². The van der Waals surface area contributed by atoms with Gasteiger partial charge in [-0.1, -0.05) is 50.1 Å². The first-order valence-corrected chi connectivity index (χ1v) is 17.0. The number of carbonyl (C=O) groups excluding carboxylic acids is 1. The van der Waals surface area contributed by atoms with Crippen molar-refractivity contribution in [3.63, 3.8) is 0 Å². The number of amides is 1. The number of fused-ring (bicyclic) bond motifs is 1. The molecule has 2 aromatic heterocycles. The lowest BCUT2D eigenvalue weighted by atomic mass is 9.88. The highest BCUT2D eigenvalue weighted by Gasteiger charge is 2.26. The van der Waals surface area contributed by atoms with Crippen LogP contribution >= 0.6 is 11.8 Å².